The van der Waals surface area contributed by atoms with Gasteiger partial charge in [0.1, 0.15) is 5.84 Å². The first-order valence-electron chi connectivity index (χ1n) is 5.99. The van der Waals surface area contributed by atoms with Crippen LogP contribution in [0.4, 0.5) is 5.69 Å². The van der Waals surface area contributed by atoms with Gasteiger partial charge in [-0.25, -0.2) is 0 Å². The van der Waals surface area contributed by atoms with E-state index in [2.05, 4.69) is 34.7 Å². The number of amidine groups is 1. The van der Waals surface area contributed by atoms with E-state index in [1.807, 2.05) is 18.2 Å². The van der Waals surface area contributed by atoms with Crippen LogP contribution in [0.25, 0.3) is 10.8 Å². The molecule has 0 radical (unpaired) electrons. The molecule has 4 N–H and O–H groups in total. The Kier molecular flexibility index (Phi) is 4.02. The van der Waals surface area contributed by atoms with E-state index in [4.69, 9.17) is 10.9 Å². The van der Waals surface area contributed by atoms with Crippen LogP contribution in [0.3, 0.4) is 0 Å². The molecule has 18 heavy (non-hydrogen) atoms. The summed E-state index contributed by atoms with van der Waals surface area (Å²) in [6.45, 7) is 0.796. The highest BCUT2D eigenvalue weighted by molar-refractivity contribution is 5.93. The fraction of sp³-hybridized carbons (Fsp3) is 0.214. The normalized spacial score (nSPS) is 11.7. The Bertz CT molecular complexity index is 546. The highest BCUT2D eigenvalue weighted by Crippen LogP contribution is 2.22. The first-order valence-corrected chi connectivity index (χ1v) is 5.99. The molecule has 2 rings (SSSR count). The van der Waals surface area contributed by atoms with E-state index in [-0.39, 0.29) is 5.84 Å². The summed E-state index contributed by atoms with van der Waals surface area (Å²) in [7, 11) is 0. The molecule has 0 aliphatic heterocycles. The molecular weight excluding hydrogens is 226 g/mol. The molecule has 0 aliphatic rings. The number of fused-ring (bicyclic) bond motifs is 1. The second kappa shape index (κ2) is 5.91. The first-order chi connectivity index (χ1) is 8.81. The molecule has 4 nitrogen and oxygen atoms in total. The Balaban J connectivity index is 1.99. The molecule has 0 bridgehead atoms. The van der Waals surface area contributed by atoms with Gasteiger partial charge in [-0.2, -0.15) is 0 Å². The quantitative estimate of drug-likeness (QED) is 0.248. The van der Waals surface area contributed by atoms with Gasteiger partial charge in [0, 0.05) is 24.0 Å². The van der Waals surface area contributed by atoms with Crippen LogP contribution in [0.15, 0.2) is 47.6 Å². The van der Waals surface area contributed by atoms with Crippen molar-refractivity contribution in [3.05, 3.63) is 42.5 Å². The van der Waals surface area contributed by atoms with Crippen LogP contribution in [0, 0.1) is 0 Å². The van der Waals surface area contributed by atoms with Gasteiger partial charge in [0.2, 0.25) is 0 Å². The number of rotatable bonds is 5. The lowest BCUT2D eigenvalue weighted by Gasteiger charge is -2.09. The number of nitrogens with one attached hydrogen (secondary N) is 1. The van der Waals surface area contributed by atoms with Crippen LogP contribution in [0.5, 0.6) is 0 Å². The van der Waals surface area contributed by atoms with Gasteiger partial charge in [-0.05, 0) is 17.9 Å². The average molecular weight is 243 g/mol. The number of benzene rings is 2. The Labute approximate surface area is 106 Å². The summed E-state index contributed by atoms with van der Waals surface area (Å²) in [5, 5.41) is 17.2. The van der Waals surface area contributed by atoms with E-state index in [0.717, 1.165) is 18.7 Å². The summed E-state index contributed by atoms with van der Waals surface area (Å²) in [5.41, 5.74) is 6.53. The Morgan fingerprint density at radius 2 is 1.94 bits per heavy atom. The lowest BCUT2D eigenvalue weighted by molar-refractivity contribution is 0.316. The molecule has 0 saturated carbocycles. The van der Waals surface area contributed by atoms with Crippen molar-refractivity contribution in [1.82, 2.24) is 0 Å². The third-order valence-corrected chi connectivity index (χ3v) is 2.84. The Hall–Kier alpha value is -2.23. The molecule has 0 unspecified atom stereocenters. The zero-order valence-electron chi connectivity index (χ0n) is 10.1. The van der Waals surface area contributed by atoms with Gasteiger partial charge in [0.15, 0.2) is 0 Å². The molecule has 0 amide bonds. The van der Waals surface area contributed by atoms with Crippen molar-refractivity contribution in [1.29, 1.82) is 0 Å². The van der Waals surface area contributed by atoms with Crippen LogP contribution in [0.1, 0.15) is 12.8 Å². The Morgan fingerprint density at radius 3 is 2.78 bits per heavy atom. The number of nitrogens with zero attached hydrogens (tertiary/aromatic N) is 1. The van der Waals surface area contributed by atoms with Gasteiger partial charge >= 0.3 is 0 Å². The maximum Gasteiger partial charge on any atom is 0.139 e. The largest absolute Gasteiger partial charge is 0.409 e. The third-order valence-electron chi connectivity index (χ3n) is 2.84. The predicted molar refractivity (Wildman–Crippen MR) is 75.1 cm³/mol. The van der Waals surface area contributed by atoms with Crippen LogP contribution in [-0.2, 0) is 0 Å². The molecule has 0 fully saturated rings. The predicted octanol–water partition coefficient (Wildman–Crippen LogP) is 2.78. The van der Waals surface area contributed by atoms with Crippen LogP contribution >= 0.6 is 0 Å². The minimum absolute atomic E-state index is 0.273. The molecule has 4 heteroatoms. The van der Waals surface area contributed by atoms with Gasteiger partial charge in [-0.1, -0.05) is 41.6 Å². The zero-order chi connectivity index (χ0) is 12.8. The minimum atomic E-state index is 0.273. The van der Waals surface area contributed by atoms with Crippen molar-refractivity contribution in [2.45, 2.75) is 12.8 Å². The Morgan fingerprint density at radius 1 is 1.17 bits per heavy atom. The maximum absolute atomic E-state index is 8.44. The molecule has 94 valence electrons. The van der Waals surface area contributed by atoms with Crippen molar-refractivity contribution in [3.8, 4) is 0 Å². The SMILES string of the molecule is NC(CCCNc1cccc2ccccc12)=NO. The van der Waals surface area contributed by atoms with Crippen LogP contribution in [-0.4, -0.2) is 17.6 Å². The van der Waals surface area contributed by atoms with Gasteiger partial charge < -0.3 is 16.3 Å². The molecule has 0 saturated heterocycles. The number of nitrogens with two attached hydrogens (primary N) is 1. The van der Waals surface area contributed by atoms with Gasteiger partial charge in [-0.15, -0.1) is 0 Å². The van der Waals surface area contributed by atoms with Crippen LogP contribution in [0.2, 0.25) is 0 Å². The molecule has 2 aromatic carbocycles. The highest BCUT2D eigenvalue weighted by Gasteiger charge is 1.99. The van der Waals surface area contributed by atoms with Crippen LogP contribution < -0.4 is 11.1 Å². The molecule has 0 spiro atoms. The minimum Gasteiger partial charge on any atom is -0.409 e. The van der Waals surface area contributed by atoms with Gasteiger partial charge in [0.05, 0.1) is 0 Å². The van der Waals surface area contributed by atoms with Crippen molar-refractivity contribution < 1.29 is 5.21 Å². The molecular formula is C14H17N3O. The average Bonchev–Trinajstić information content (AvgIpc) is 2.43. The fourth-order valence-electron chi connectivity index (χ4n) is 1.92. The first kappa shape index (κ1) is 12.2. The lowest BCUT2D eigenvalue weighted by Crippen LogP contribution is -2.13. The van der Waals surface area contributed by atoms with Crippen molar-refractivity contribution in [2.75, 3.05) is 11.9 Å². The van der Waals surface area contributed by atoms with E-state index in [1.165, 1.54) is 10.8 Å². The summed E-state index contributed by atoms with van der Waals surface area (Å²) in [5.74, 6) is 0.273. The topological polar surface area (TPSA) is 70.6 Å². The number of oxime groups is 1. The van der Waals surface area contributed by atoms with Gasteiger partial charge in [-0.3, -0.25) is 0 Å². The van der Waals surface area contributed by atoms with Crippen molar-refractivity contribution in [3.63, 3.8) is 0 Å². The van der Waals surface area contributed by atoms with Gasteiger partial charge in [0.25, 0.3) is 0 Å². The molecule has 0 aromatic heterocycles. The highest BCUT2D eigenvalue weighted by atomic mass is 16.4. The van der Waals surface area contributed by atoms with Crippen molar-refractivity contribution in [2.24, 2.45) is 10.9 Å². The summed E-state index contributed by atoms with van der Waals surface area (Å²) in [6, 6.07) is 14.4. The molecule has 2 aromatic rings. The summed E-state index contributed by atoms with van der Waals surface area (Å²) < 4.78 is 0. The number of hydrogen-bond donors (Lipinski definition) is 3. The summed E-state index contributed by atoms with van der Waals surface area (Å²) >= 11 is 0. The van der Waals surface area contributed by atoms with Crippen molar-refractivity contribution >= 4 is 22.3 Å². The third kappa shape index (κ3) is 2.91. The second-order valence-corrected chi connectivity index (χ2v) is 4.15. The number of hydrogen-bond acceptors (Lipinski definition) is 3. The zero-order valence-corrected chi connectivity index (χ0v) is 10.1. The smallest absolute Gasteiger partial charge is 0.139 e. The van der Waals surface area contributed by atoms with E-state index >= 15 is 0 Å². The van der Waals surface area contributed by atoms with E-state index < -0.39 is 0 Å². The molecule has 0 atom stereocenters. The second-order valence-electron chi connectivity index (χ2n) is 4.15. The molecule has 0 heterocycles. The molecule has 0 aliphatic carbocycles. The maximum atomic E-state index is 8.44. The summed E-state index contributed by atoms with van der Waals surface area (Å²) in [6.07, 6.45) is 1.42. The monoisotopic (exact) mass is 243 g/mol. The fourth-order valence-corrected chi connectivity index (χ4v) is 1.92. The lowest BCUT2D eigenvalue weighted by atomic mass is 10.1. The standard InChI is InChI=1S/C14H17N3O/c15-14(17-18)9-4-10-16-13-8-3-6-11-5-1-2-7-12(11)13/h1-3,5-8,16,18H,4,9-10H2,(H2,15,17). The number of anilines is 1. The summed E-state index contributed by atoms with van der Waals surface area (Å²) in [4.78, 5) is 0. The van der Waals surface area contributed by atoms with E-state index in [0.29, 0.717) is 6.42 Å². The van der Waals surface area contributed by atoms with E-state index in [1.54, 1.807) is 0 Å². The van der Waals surface area contributed by atoms with E-state index in [9.17, 15) is 0 Å².